The lowest BCUT2D eigenvalue weighted by atomic mass is 9.76. The van der Waals surface area contributed by atoms with E-state index < -0.39 is 17.4 Å². The van der Waals surface area contributed by atoms with Crippen molar-refractivity contribution in [3.8, 4) is 0 Å². The number of aryl methyl sites for hydroxylation is 2. The molecule has 0 aliphatic carbocycles. The van der Waals surface area contributed by atoms with Crippen LogP contribution in [-0.2, 0) is 19.7 Å². The molecule has 1 aromatic heterocycles. The fraction of sp³-hybridized carbons (Fsp3) is 0.571. The molecular formula is C14H19NO4. The van der Waals surface area contributed by atoms with Crippen LogP contribution in [-0.4, -0.2) is 24.5 Å². The molecule has 1 aliphatic rings. The number of furan rings is 1. The molecule has 5 nitrogen and oxygen atoms in total. The summed E-state index contributed by atoms with van der Waals surface area (Å²) in [6.07, 6.45) is 0.260. The zero-order valence-electron chi connectivity index (χ0n) is 11.7. The molecule has 0 aromatic carbocycles. The number of nitrogens with one attached hydrogen (secondary N) is 1. The molecule has 2 atom stereocenters. The Morgan fingerprint density at radius 3 is 2.79 bits per heavy atom. The topological polar surface area (TPSA) is 68.5 Å². The Morgan fingerprint density at radius 2 is 2.26 bits per heavy atom. The first-order chi connectivity index (χ1) is 8.88. The van der Waals surface area contributed by atoms with Gasteiger partial charge in [-0.25, -0.2) is 4.79 Å². The monoisotopic (exact) mass is 265 g/mol. The maximum atomic E-state index is 12.0. The van der Waals surface area contributed by atoms with Crippen LogP contribution in [0.25, 0.3) is 0 Å². The molecule has 0 spiro atoms. The van der Waals surface area contributed by atoms with Gasteiger partial charge in [-0.05, 0) is 26.8 Å². The number of carbonyl (C=O) groups is 2. The van der Waals surface area contributed by atoms with Crippen molar-refractivity contribution in [2.45, 2.75) is 45.6 Å². The van der Waals surface area contributed by atoms with Crippen LogP contribution < -0.4 is 5.32 Å². The van der Waals surface area contributed by atoms with Gasteiger partial charge in [0.1, 0.15) is 17.6 Å². The highest BCUT2D eigenvalue weighted by Gasteiger charge is 2.50. The van der Waals surface area contributed by atoms with Gasteiger partial charge < -0.3 is 14.5 Å². The number of hydrogen-bond acceptors (Lipinski definition) is 4. The fourth-order valence-electron chi connectivity index (χ4n) is 2.80. The molecule has 2 unspecified atom stereocenters. The molecule has 1 saturated heterocycles. The van der Waals surface area contributed by atoms with Gasteiger partial charge in [-0.2, -0.15) is 0 Å². The van der Waals surface area contributed by atoms with Crippen molar-refractivity contribution in [1.82, 2.24) is 5.32 Å². The van der Waals surface area contributed by atoms with E-state index in [-0.39, 0.29) is 12.3 Å². The van der Waals surface area contributed by atoms with Gasteiger partial charge in [0, 0.05) is 17.4 Å². The van der Waals surface area contributed by atoms with Gasteiger partial charge in [-0.3, -0.25) is 4.79 Å². The zero-order valence-corrected chi connectivity index (χ0v) is 11.7. The molecule has 2 rings (SSSR count). The van der Waals surface area contributed by atoms with Crippen molar-refractivity contribution in [3.63, 3.8) is 0 Å². The van der Waals surface area contributed by atoms with Gasteiger partial charge in [0.05, 0.1) is 6.61 Å². The summed E-state index contributed by atoms with van der Waals surface area (Å²) in [6, 6.07) is 1.23. The van der Waals surface area contributed by atoms with Crippen LogP contribution in [0.3, 0.4) is 0 Å². The molecule has 1 aliphatic heterocycles. The Hall–Kier alpha value is -1.78. The predicted octanol–water partition coefficient (Wildman–Crippen LogP) is 1.61. The Morgan fingerprint density at radius 1 is 1.58 bits per heavy atom. The summed E-state index contributed by atoms with van der Waals surface area (Å²) in [7, 11) is 0. The first-order valence-electron chi connectivity index (χ1n) is 6.42. The molecule has 19 heavy (non-hydrogen) atoms. The van der Waals surface area contributed by atoms with Crippen LogP contribution in [0.4, 0.5) is 0 Å². The SMILES string of the molecule is CCOC(=O)C1NC(=O)CC1(C)c1cc(C)oc1C. The highest BCUT2D eigenvalue weighted by Crippen LogP contribution is 2.39. The molecule has 1 amide bonds. The van der Waals surface area contributed by atoms with E-state index in [1.807, 2.05) is 26.8 Å². The second kappa shape index (κ2) is 4.72. The van der Waals surface area contributed by atoms with Crippen molar-refractivity contribution in [2.24, 2.45) is 0 Å². The average Bonchev–Trinajstić information content (AvgIpc) is 2.80. The molecule has 1 fully saturated rings. The van der Waals surface area contributed by atoms with Gasteiger partial charge in [-0.1, -0.05) is 6.92 Å². The molecule has 1 N–H and O–H groups in total. The van der Waals surface area contributed by atoms with Crippen molar-refractivity contribution in [1.29, 1.82) is 0 Å². The van der Waals surface area contributed by atoms with Crippen molar-refractivity contribution in [2.75, 3.05) is 6.61 Å². The highest BCUT2D eigenvalue weighted by atomic mass is 16.5. The third-order valence-electron chi connectivity index (χ3n) is 3.65. The number of amides is 1. The summed E-state index contributed by atoms with van der Waals surface area (Å²) in [5.74, 6) is 0.981. The quantitative estimate of drug-likeness (QED) is 0.843. The van der Waals surface area contributed by atoms with Gasteiger partial charge in [0.25, 0.3) is 0 Å². The van der Waals surface area contributed by atoms with E-state index in [0.717, 1.165) is 17.1 Å². The molecule has 2 heterocycles. The van der Waals surface area contributed by atoms with Crippen molar-refractivity contribution >= 4 is 11.9 Å². The number of esters is 1. The molecular weight excluding hydrogens is 246 g/mol. The molecule has 5 heteroatoms. The van der Waals surface area contributed by atoms with Crippen LogP contribution >= 0.6 is 0 Å². The Bertz CT molecular complexity index is 520. The van der Waals surface area contributed by atoms with E-state index in [4.69, 9.17) is 9.15 Å². The van der Waals surface area contributed by atoms with Crippen LogP contribution in [0, 0.1) is 13.8 Å². The lowest BCUT2D eigenvalue weighted by Gasteiger charge is -2.28. The third-order valence-corrected chi connectivity index (χ3v) is 3.65. The third kappa shape index (κ3) is 2.25. The Labute approximate surface area is 112 Å². The minimum Gasteiger partial charge on any atom is -0.466 e. The first kappa shape index (κ1) is 13.6. The van der Waals surface area contributed by atoms with E-state index in [9.17, 15) is 9.59 Å². The normalized spacial score (nSPS) is 26.3. The fourth-order valence-corrected chi connectivity index (χ4v) is 2.80. The minimum atomic E-state index is -0.657. The second-order valence-electron chi connectivity index (χ2n) is 5.17. The molecule has 0 bridgehead atoms. The largest absolute Gasteiger partial charge is 0.466 e. The van der Waals surface area contributed by atoms with E-state index in [1.54, 1.807) is 6.92 Å². The van der Waals surface area contributed by atoms with Crippen LogP contribution in [0.1, 0.15) is 37.4 Å². The van der Waals surface area contributed by atoms with Crippen LogP contribution in [0.15, 0.2) is 10.5 Å². The standard InChI is InChI=1S/C14H19NO4/c1-5-18-13(17)12-14(4,7-11(16)15-12)10-6-8(2)19-9(10)3/h6,12H,5,7H2,1-4H3,(H,15,16). The van der Waals surface area contributed by atoms with Crippen LogP contribution in [0.5, 0.6) is 0 Å². The molecule has 0 saturated carbocycles. The predicted molar refractivity (Wildman–Crippen MR) is 68.7 cm³/mol. The molecule has 104 valence electrons. The number of carbonyl (C=O) groups excluding carboxylic acids is 2. The minimum absolute atomic E-state index is 0.140. The summed E-state index contributed by atoms with van der Waals surface area (Å²) in [6.45, 7) is 7.63. The first-order valence-corrected chi connectivity index (χ1v) is 6.42. The van der Waals surface area contributed by atoms with Crippen molar-refractivity contribution < 1.29 is 18.7 Å². The Balaban J connectivity index is 2.41. The summed E-state index contributed by atoms with van der Waals surface area (Å²) in [5.41, 5.74) is 0.270. The number of ether oxygens (including phenoxy) is 1. The summed E-state index contributed by atoms with van der Waals surface area (Å²) < 4.78 is 10.6. The van der Waals surface area contributed by atoms with Crippen molar-refractivity contribution in [3.05, 3.63) is 23.2 Å². The maximum Gasteiger partial charge on any atom is 0.329 e. The molecule has 1 aromatic rings. The highest BCUT2D eigenvalue weighted by molar-refractivity contribution is 5.91. The summed E-state index contributed by atoms with van der Waals surface area (Å²) in [4.78, 5) is 23.8. The lowest BCUT2D eigenvalue weighted by molar-refractivity contribution is -0.147. The van der Waals surface area contributed by atoms with E-state index in [1.165, 1.54) is 0 Å². The number of rotatable bonds is 3. The summed E-state index contributed by atoms with van der Waals surface area (Å²) in [5, 5.41) is 2.71. The van der Waals surface area contributed by atoms with Gasteiger partial charge in [0.2, 0.25) is 5.91 Å². The molecule has 0 radical (unpaired) electrons. The van der Waals surface area contributed by atoms with Crippen LogP contribution in [0.2, 0.25) is 0 Å². The van der Waals surface area contributed by atoms with Gasteiger partial charge >= 0.3 is 5.97 Å². The van der Waals surface area contributed by atoms with E-state index >= 15 is 0 Å². The van der Waals surface area contributed by atoms with Gasteiger partial charge in [0.15, 0.2) is 0 Å². The Kier molecular flexibility index (Phi) is 3.39. The zero-order chi connectivity index (χ0) is 14.2. The number of hydrogen-bond donors (Lipinski definition) is 1. The maximum absolute atomic E-state index is 12.0. The smallest absolute Gasteiger partial charge is 0.329 e. The second-order valence-corrected chi connectivity index (χ2v) is 5.17. The summed E-state index contributed by atoms with van der Waals surface area (Å²) >= 11 is 0. The average molecular weight is 265 g/mol. The lowest BCUT2D eigenvalue weighted by Crippen LogP contribution is -2.46. The van der Waals surface area contributed by atoms with E-state index in [2.05, 4.69) is 5.32 Å². The van der Waals surface area contributed by atoms with E-state index in [0.29, 0.717) is 6.61 Å². The van der Waals surface area contributed by atoms with Gasteiger partial charge in [-0.15, -0.1) is 0 Å².